The van der Waals surface area contributed by atoms with E-state index in [1.807, 2.05) is 60.7 Å². The van der Waals surface area contributed by atoms with E-state index in [9.17, 15) is 4.79 Å². The molecular weight excluding hydrogens is 416 g/mol. The number of nitrogens with zero attached hydrogens (tertiary/aromatic N) is 2. The van der Waals surface area contributed by atoms with Crippen LogP contribution >= 0.6 is 23.4 Å². The van der Waals surface area contributed by atoms with Crippen molar-refractivity contribution in [3.63, 3.8) is 0 Å². The Balaban J connectivity index is 1.60. The smallest absolute Gasteiger partial charge is 0.266 e. The van der Waals surface area contributed by atoms with Gasteiger partial charge < -0.3 is 4.74 Å². The largest absolute Gasteiger partial charge is 0.497 e. The molecule has 1 fully saturated rings. The van der Waals surface area contributed by atoms with Gasteiger partial charge in [-0.05, 0) is 77.0 Å². The first-order valence-corrected chi connectivity index (χ1v) is 10.5. The third-order valence-electron chi connectivity index (χ3n) is 4.66. The van der Waals surface area contributed by atoms with E-state index < -0.39 is 0 Å². The lowest BCUT2D eigenvalue weighted by Crippen LogP contribution is -2.23. The molecule has 1 aliphatic rings. The first kappa shape index (κ1) is 20.3. The molecule has 30 heavy (non-hydrogen) atoms. The van der Waals surface area contributed by atoms with Crippen LogP contribution in [0.4, 0.5) is 5.69 Å². The number of benzene rings is 3. The van der Waals surface area contributed by atoms with Gasteiger partial charge in [0.2, 0.25) is 0 Å². The van der Waals surface area contributed by atoms with Gasteiger partial charge in [-0.3, -0.25) is 9.69 Å². The summed E-state index contributed by atoms with van der Waals surface area (Å²) >= 11 is 7.30. The van der Waals surface area contributed by atoms with E-state index in [0.717, 1.165) is 28.1 Å². The van der Waals surface area contributed by atoms with Crippen LogP contribution in [0.15, 0.2) is 82.7 Å². The second-order valence-corrected chi connectivity index (χ2v) is 8.15. The summed E-state index contributed by atoms with van der Waals surface area (Å²) in [6.45, 7) is 0. The van der Waals surface area contributed by atoms with Crippen LogP contribution in [-0.2, 0) is 4.79 Å². The van der Waals surface area contributed by atoms with Crippen molar-refractivity contribution in [1.29, 1.82) is 0 Å². The minimum Gasteiger partial charge on any atom is -0.497 e. The zero-order valence-corrected chi connectivity index (χ0v) is 18.1. The number of aliphatic imine (C=N–C) groups is 1. The molecule has 1 amide bonds. The molecular formula is C24H19ClN2O2S. The van der Waals surface area contributed by atoms with Crippen LogP contribution in [-0.4, -0.2) is 30.1 Å². The molecule has 1 saturated heterocycles. The van der Waals surface area contributed by atoms with E-state index in [1.165, 1.54) is 11.8 Å². The second kappa shape index (κ2) is 8.78. The molecule has 6 heteroatoms. The molecule has 4 rings (SSSR count). The minimum absolute atomic E-state index is 0.0671. The molecule has 0 unspecified atom stereocenters. The van der Waals surface area contributed by atoms with E-state index in [1.54, 1.807) is 31.2 Å². The summed E-state index contributed by atoms with van der Waals surface area (Å²) < 4.78 is 5.23. The van der Waals surface area contributed by atoms with Gasteiger partial charge in [-0.25, -0.2) is 4.99 Å². The fourth-order valence-corrected chi connectivity index (χ4v) is 4.13. The third-order valence-corrected chi connectivity index (χ3v) is 5.97. The summed E-state index contributed by atoms with van der Waals surface area (Å²) in [6.07, 6.45) is 1.90. The van der Waals surface area contributed by atoms with Gasteiger partial charge in [-0.1, -0.05) is 41.9 Å². The van der Waals surface area contributed by atoms with E-state index in [-0.39, 0.29) is 5.91 Å². The highest BCUT2D eigenvalue weighted by atomic mass is 35.5. The SMILES string of the molecule is COc1ccc(-c2cccc(/C=C3\S/C(=N/c4ccc(Cl)cc4)N(C)C3=O)c2)cc1. The average molecular weight is 435 g/mol. The number of carbonyl (C=O) groups is 1. The molecule has 1 aliphatic heterocycles. The van der Waals surface area contributed by atoms with Crippen molar-refractivity contribution in [1.82, 2.24) is 4.90 Å². The van der Waals surface area contributed by atoms with Gasteiger partial charge in [0.15, 0.2) is 5.17 Å². The lowest BCUT2D eigenvalue weighted by molar-refractivity contribution is -0.121. The number of halogens is 1. The number of likely N-dealkylation sites (N-methyl/N-ethyl adjacent to an activating group) is 1. The van der Waals surface area contributed by atoms with Crippen LogP contribution in [0, 0.1) is 0 Å². The summed E-state index contributed by atoms with van der Waals surface area (Å²) in [4.78, 5) is 19.5. The summed E-state index contributed by atoms with van der Waals surface area (Å²) in [5.74, 6) is 0.753. The molecule has 0 saturated carbocycles. The predicted molar refractivity (Wildman–Crippen MR) is 125 cm³/mol. The quantitative estimate of drug-likeness (QED) is 0.456. The molecule has 1 heterocycles. The van der Waals surface area contributed by atoms with Gasteiger partial charge in [-0.2, -0.15) is 0 Å². The van der Waals surface area contributed by atoms with Crippen molar-refractivity contribution in [3.05, 3.63) is 88.3 Å². The molecule has 0 atom stereocenters. The normalized spacial score (nSPS) is 16.5. The van der Waals surface area contributed by atoms with Crippen molar-refractivity contribution in [2.45, 2.75) is 0 Å². The van der Waals surface area contributed by atoms with E-state index in [0.29, 0.717) is 15.1 Å². The monoisotopic (exact) mass is 434 g/mol. The van der Waals surface area contributed by atoms with Gasteiger partial charge in [0.05, 0.1) is 17.7 Å². The summed E-state index contributed by atoms with van der Waals surface area (Å²) in [5, 5.41) is 1.29. The zero-order chi connectivity index (χ0) is 21.1. The van der Waals surface area contributed by atoms with E-state index in [4.69, 9.17) is 16.3 Å². The Kier molecular flexibility index (Phi) is 5.93. The lowest BCUT2D eigenvalue weighted by Gasteiger charge is -2.07. The summed E-state index contributed by atoms with van der Waals surface area (Å²) in [7, 11) is 3.39. The standard InChI is InChI=1S/C24H19ClN2O2S/c1-27-23(28)22(30-24(27)26-20-10-8-19(25)9-11-20)15-16-4-3-5-18(14-16)17-6-12-21(29-2)13-7-17/h3-15H,1-2H3/b22-15-,26-24+. The van der Waals surface area contributed by atoms with Gasteiger partial charge in [0, 0.05) is 12.1 Å². The summed E-state index contributed by atoms with van der Waals surface area (Å²) in [5.41, 5.74) is 3.87. The molecule has 4 nitrogen and oxygen atoms in total. The molecule has 0 N–H and O–H groups in total. The molecule has 0 bridgehead atoms. The number of hydrogen-bond donors (Lipinski definition) is 0. The van der Waals surface area contributed by atoms with Crippen LogP contribution in [0.5, 0.6) is 5.75 Å². The van der Waals surface area contributed by atoms with Crippen molar-refractivity contribution < 1.29 is 9.53 Å². The Hall–Kier alpha value is -3.02. The van der Waals surface area contributed by atoms with Crippen molar-refractivity contribution in [2.24, 2.45) is 4.99 Å². The maximum absolute atomic E-state index is 12.7. The fourth-order valence-electron chi connectivity index (χ4n) is 3.02. The number of amides is 1. The van der Waals surface area contributed by atoms with Crippen LogP contribution < -0.4 is 4.74 Å². The van der Waals surface area contributed by atoms with Gasteiger partial charge in [0.1, 0.15) is 5.75 Å². The number of methoxy groups -OCH3 is 1. The van der Waals surface area contributed by atoms with Crippen LogP contribution in [0.2, 0.25) is 5.02 Å². The maximum Gasteiger partial charge on any atom is 0.266 e. The molecule has 0 aromatic heterocycles. The Bertz CT molecular complexity index is 1140. The van der Waals surface area contributed by atoms with Crippen molar-refractivity contribution in [3.8, 4) is 16.9 Å². The number of amidine groups is 1. The maximum atomic E-state index is 12.7. The highest BCUT2D eigenvalue weighted by Gasteiger charge is 2.30. The lowest BCUT2D eigenvalue weighted by atomic mass is 10.0. The molecule has 150 valence electrons. The third kappa shape index (κ3) is 4.42. The number of rotatable bonds is 4. The fraction of sp³-hybridized carbons (Fsp3) is 0.0833. The first-order valence-electron chi connectivity index (χ1n) is 9.30. The van der Waals surface area contributed by atoms with Crippen LogP contribution in [0.3, 0.4) is 0 Å². The topological polar surface area (TPSA) is 41.9 Å². The highest BCUT2D eigenvalue weighted by Crippen LogP contribution is 2.34. The molecule has 0 radical (unpaired) electrons. The number of carbonyl (C=O) groups excluding carboxylic acids is 1. The Morgan fingerprint density at radius 1 is 1.00 bits per heavy atom. The predicted octanol–water partition coefficient (Wildman–Crippen LogP) is 6.25. The molecule has 0 aliphatic carbocycles. The summed E-state index contributed by atoms with van der Waals surface area (Å²) in [6, 6.07) is 23.2. The van der Waals surface area contributed by atoms with Gasteiger partial charge >= 0.3 is 0 Å². The second-order valence-electron chi connectivity index (χ2n) is 6.70. The number of thioether (sulfide) groups is 1. The zero-order valence-electron chi connectivity index (χ0n) is 16.5. The van der Waals surface area contributed by atoms with E-state index in [2.05, 4.69) is 11.1 Å². The Morgan fingerprint density at radius 3 is 2.43 bits per heavy atom. The average Bonchev–Trinajstić information content (AvgIpc) is 3.03. The number of ether oxygens (including phenoxy) is 1. The molecule has 3 aromatic carbocycles. The first-order chi connectivity index (χ1) is 14.5. The highest BCUT2D eigenvalue weighted by molar-refractivity contribution is 8.18. The van der Waals surface area contributed by atoms with Gasteiger partial charge in [-0.15, -0.1) is 0 Å². The molecule has 3 aromatic rings. The van der Waals surface area contributed by atoms with E-state index >= 15 is 0 Å². The van der Waals surface area contributed by atoms with Gasteiger partial charge in [0.25, 0.3) is 5.91 Å². The van der Waals surface area contributed by atoms with Crippen LogP contribution in [0.25, 0.3) is 17.2 Å². The number of hydrogen-bond acceptors (Lipinski definition) is 4. The molecule has 0 spiro atoms. The Labute approximate surface area is 184 Å². The van der Waals surface area contributed by atoms with Crippen molar-refractivity contribution >= 4 is 46.2 Å². The van der Waals surface area contributed by atoms with Crippen LogP contribution in [0.1, 0.15) is 5.56 Å². The Morgan fingerprint density at radius 2 is 1.73 bits per heavy atom. The van der Waals surface area contributed by atoms with Crippen molar-refractivity contribution in [2.75, 3.05) is 14.2 Å². The minimum atomic E-state index is -0.0671.